The summed E-state index contributed by atoms with van der Waals surface area (Å²) in [5.41, 5.74) is 0. The number of rotatable bonds is 6. The zero-order chi connectivity index (χ0) is 14.5. The number of nitrogens with zero attached hydrogens (tertiary/aromatic N) is 1. The SMILES string of the molecule is CNC1CCC(C)CC1N(CCC(C)C)C1CCCC1. The molecule has 0 spiro atoms. The van der Waals surface area contributed by atoms with E-state index < -0.39 is 0 Å². The van der Waals surface area contributed by atoms with Crippen LogP contribution in [0.2, 0.25) is 0 Å². The third-order valence-electron chi connectivity index (χ3n) is 5.63. The molecular formula is C18H36N2. The van der Waals surface area contributed by atoms with Crippen molar-refractivity contribution in [3.05, 3.63) is 0 Å². The first-order chi connectivity index (χ1) is 9.61. The maximum atomic E-state index is 3.62. The lowest BCUT2D eigenvalue weighted by Crippen LogP contribution is -2.55. The highest BCUT2D eigenvalue weighted by Crippen LogP contribution is 2.33. The third kappa shape index (κ3) is 4.21. The van der Waals surface area contributed by atoms with Crippen molar-refractivity contribution in [1.29, 1.82) is 0 Å². The second kappa shape index (κ2) is 7.79. The number of hydrogen-bond donors (Lipinski definition) is 1. The second-order valence-corrected chi connectivity index (χ2v) is 7.74. The fourth-order valence-corrected chi connectivity index (χ4v) is 4.32. The first kappa shape index (κ1) is 16.3. The molecule has 2 fully saturated rings. The minimum atomic E-state index is 0.721. The van der Waals surface area contributed by atoms with Crippen LogP contribution >= 0.6 is 0 Å². The average molecular weight is 280 g/mol. The van der Waals surface area contributed by atoms with E-state index in [4.69, 9.17) is 0 Å². The lowest BCUT2D eigenvalue weighted by molar-refractivity contribution is 0.0624. The molecular weight excluding hydrogens is 244 g/mol. The van der Waals surface area contributed by atoms with E-state index >= 15 is 0 Å². The van der Waals surface area contributed by atoms with Crippen LogP contribution in [0.5, 0.6) is 0 Å². The van der Waals surface area contributed by atoms with E-state index in [-0.39, 0.29) is 0 Å². The van der Waals surface area contributed by atoms with E-state index in [9.17, 15) is 0 Å². The Kier molecular flexibility index (Phi) is 6.35. The highest BCUT2D eigenvalue weighted by molar-refractivity contribution is 4.93. The molecule has 0 aromatic heterocycles. The topological polar surface area (TPSA) is 15.3 Å². The molecule has 2 nitrogen and oxygen atoms in total. The largest absolute Gasteiger partial charge is 0.315 e. The quantitative estimate of drug-likeness (QED) is 0.789. The molecule has 2 heteroatoms. The zero-order valence-electron chi connectivity index (χ0n) is 14.2. The van der Waals surface area contributed by atoms with Crippen molar-refractivity contribution in [2.45, 2.75) is 90.3 Å². The molecule has 1 N–H and O–H groups in total. The van der Waals surface area contributed by atoms with Crippen LogP contribution in [0.15, 0.2) is 0 Å². The van der Waals surface area contributed by atoms with Gasteiger partial charge in [0.05, 0.1) is 0 Å². The molecule has 0 radical (unpaired) electrons. The molecule has 0 heterocycles. The van der Waals surface area contributed by atoms with E-state index in [1.165, 1.54) is 57.9 Å². The van der Waals surface area contributed by atoms with Crippen molar-refractivity contribution in [1.82, 2.24) is 10.2 Å². The van der Waals surface area contributed by atoms with Gasteiger partial charge in [-0.1, -0.05) is 33.6 Å². The van der Waals surface area contributed by atoms with Crippen molar-refractivity contribution >= 4 is 0 Å². The molecule has 2 aliphatic rings. The van der Waals surface area contributed by atoms with Gasteiger partial charge in [0, 0.05) is 18.1 Å². The first-order valence-electron chi connectivity index (χ1n) is 9.04. The summed E-state index contributed by atoms with van der Waals surface area (Å²) < 4.78 is 0. The van der Waals surface area contributed by atoms with E-state index in [0.29, 0.717) is 0 Å². The lowest BCUT2D eigenvalue weighted by atomic mass is 9.81. The zero-order valence-corrected chi connectivity index (χ0v) is 14.2. The molecule has 118 valence electrons. The number of hydrogen-bond acceptors (Lipinski definition) is 2. The van der Waals surface area contributed by atoms with Gasteiger partial charge in [0.2, 0.25) is 0 Å². The standard InChI is InChI=1S/C18H36N2/c1-14(2)11-12-20(16-7-5-6-8-16)18-13-15(3)9-10-17(18)19-4/h14-19H,5-13H2,1-4H3. The Morgan fingerprint density at radius 2 is 1.80 bits per heavy atom. The molecule has 0 aromatic rings. The predicted molar refractivity (Wildman–Crippen MR) is 88.1 cm³/mol. The van der Waals surface area contributed by atoms with Gasteiger partial charge in [0.25, 0.3) is 0 Å². The van der Waals surface area contributed by atoms with Crippen LogP contribution in [0, 0.1) is 11.8 Å². The minimum Gasteiger partial charge on any atom is -0.315 e. The van der Waals surface area contributed by atoms with Crippen molar-refractivity contribution in [3.8, 4) is 0 Å². The molecule has 3 unspecified atom stereocenters. The molecule has 0 aromatic carbocycles. The number of nitrogens with one attached hydrogen (secondary N) is 1. The van der Waals surface area contributed by atoms with Crippen LogP contribution < -0.4 is 5.32 Å². The second-order valence-electron chi connectivity index (χ2n) is 7.74. The Hall–Kier alpha value is -0.0800. The van der Waals surface area contributed by atoms with Gasteiger partial charge in [0.15, 0.2) is 0 Å². The molecule has 0 saturated heterocycles. The van der Waals surface area contributed by atoms with Crippen molar-refractivity contribution in [3.63, 3.8) is 0 Å². The van der Waals surface area contributed by atoms with Crippen molar-refractivity contribution < 1.29 is 0 Å². The third-order valence-corrected chi connectivity index (χ3v) is 5.63. The molecule has 2 rings (SSSR count). The summed E-state index contributed by atoms with van der Waals surface area (Å²) in [6.07, 6.45) is 11.3. The Balaban J connectivity index is 2.05. The first-order valence-corrected chi connectivity index (χ1v) is 9.04. The predicted octanol–water partition coefficient (Wildman–Crippen LogP) is 4.05. The van der Waals surface area contributed by atoms with Gasteiger partial charge in [-0.2, -0.15) is 0 Å². The van der Waals surface area contributed by atoms with Crippen LogP contribution in [-0.2, 0) is 0 Å². The average Bonchev–Trinajstić information content (AvgIpc) is 2.93. The summed E-state index contributed by atoms with van der Waals surface area (Å²) in [5.74, 6) is 1.74. The summed E-state index contributed by atoms with van der Waals surface area (Å²) in [6.45, 7) is 8.50. The summed E-state index contributed by atoms with van der Waals surface area (Å²) in [7, 11) is 2.17. The van der Waals surface area contributed by atoms with Gasteiger partial charge in [0.1, 0.15) is 0 Å². The molecule has 20 heavy (non-hydrogen) atoms. The maximum Gasteiger partial charge on any atom is 0.0254 e. The summed E-state index contributed by atoms with van der Waals surface area (Å²) in [5, 5.41) is 3.62. The molecule has 3 atom stereocenters. The van der Waals surface area contributed by atoms with Gasteiger partial charge < -0.3 is 5.32 Å². The van der Waals surface area contributed by atoms with Gasteiger partial charge in [-0.15, -0.1) is 0 Å². The Morgan fingerprint density at radius 3 is 2.40 bits per heavy atom. The monoisotopic (exact) mass is 280 g/mol. The van der Waals surface area contributed by atoms with Crippen molar-refractivity contribution in [2.24, 2.45) is 11.8 Å². The fourth-order valence-electron chi connectivity index (χ4n) is 4.32. The summed E-state index contributed by atoms with van der Waals surface area (Å²) in [4.78, 5) is 2.92. The van der Waals surface area contributed by atoms with E-state index in [1.807, 2.05) is 0 Å². The summed E-state index contributed by atoms with van der Waals surface area (Å²) >= 11 is 0. The fraction of sp³-hybridized carbons (Fsp3) is 1.00. The molecule has 0 aliphatic heterocycles. The highest BCUT2D eigenvalue weighted by atomic mass is 15.2. The maximum absolute atomic E-state index is 3.62. The van der Waals surface area contributed by atoms with E-state index in [2.05, 4.69) is 38.0 Å². The van der Waals surface area contributed by atoms with E-state index in [0.717, 1.165) is 30.0 Å². The van der Waals surface area contributed by atoms with Crippen LogP contribution in [0.4, 0.5) is 0 Å². The van der Waals surface area contributed by atoms with Crippen LogP contribution in [0.25, 0.3) is 0 Å². The van der Waals surface area contributed by atoms with Crippen LogP contribution in [-0.4, -0.2) is 36.6 Å². The number of likely N-dealkylation sites (N-methyl/N-ethyl adjacent to an activating group) is 1. The molecule has 0 amide bonds. The van der Waals surface area contributed by atoms with Gasteiger partial charge in [-0.25, -0.2) is 0 Å². The molecule has 2 aliphatic carbocycles. The molecule has 0 bridgehead atoms. The van der Waals surface area contributed by atoms with E-state index in [1.54, 1.807) is 0 Å². The lowest BCUT2D eigenvalue weighted by Gasteiger charge is -2.45. The minimum absolute atomic E-state index is 0.721. The van der Waals surface area contributed by atoms with Crippen molar-refractivity contribution in [2.75, 3.05) is 13.6 Å². The Morgan fingerprint density at radius 1 is 1.10 bits per heavy atom. The van der Waals surface area contributed by atoms with Gasteiger partial charge in [-0.3, -0.25) is 4.90 Å². The Labute approximate surface area is 126 Å². The Bertz CT molecular complexity index is 271. The smallest absolute Gasteiger partial charge is 0.0254 e. The molecule has 2 saturated carbocycles. The van der Waals surface area contributed by atoms with Crippen LogP contribution in [0.1, 0.15) is 72.1 Å². The normalized spacial score (nSPS) is 32.4. The van der Waals surface area contributed by atoms with Gasteiger partial charge >= 0.3 is 0 Å². The van der Waals surface area contributed by atoms with Crippen LogP contribution in [0.3, 0.4) is 0 Å². The van der Waals surface area contributed by atoms with Gasteiger partial charge in [-0.05, 0) is 64.0 Å². The highest BCUT2D eigenvalue weighted by Gasteiger charge is 2.36. The summed E-state index contributed by atoms with van der Waals surface area (Å²) in [6, 6.07) is 2.38.